The Kier molecular flexibility index (Phi) is 6.99. The Labute approximate surface area is 133 Å². The van der Waals surface area contributed by atoms with Gasteiger partial charge in [0.2, 0.25) is 5.91 Å². The molecule has 5 heteroatoms. The molecule has 1 aliphatic rings. The number of ether oxygens (including phenoxy) is 1. The number of piperidine rings is 1. The maximum Gasteiger partial charge on any atom is 0.239 e. The van der Waals surface area contributed by atoms with Crippen molar-refractivity contribution >= 4 is 18.3 Å². The van der Waals surface area contributed by atoms with Crippen LogP contribution in [0.1, 0.15) is 25.3 Å². The van der Waals surface area contributed by atoms with E-state index in [2.05, 4.69) is 6.07 Å². The molecule has 1 fully saturated rings. The predicted molar refractivity (Wildman–Crippen MR) is 86.9 cm³/mol. The Morgan fingerprint density at radius 1 is 1.38 bits per heavy atom. The number of halogens is 1. The van der Waals surface area contributed by atoms with E-state index in [0.29, 0.717) is 5.92 Å². The van der Waals surface area contributed by atoms with Crippen molar-refractivity contribution in [2.45, 2.75) is 32.2 Å². The van der Waals surface area contributed by atoms with E-state index in [4.69, 9.17) is 10.5 Å². The van der Waals surface area contributed by atoms with Crippen molar-refractivity contribution in [3.63, 3.8) is 0 Å². The SMILES string of the molecule is COc1ccccc1CC1CCN(C(=O)[C@@H](C)N)CC1.Cl. The van der Waals surface area contributed by atoms with E-state index in [1.54, 1.807) is 14.0 Å². The van der Waals surface area contributed by atoms with E-state index in [-0.39, 0.29) is 24.4 Å². The molecule has 1 amide bonds. The van der Waals surface area contributed by atoms with Gasteiger partial charge in [-0.3, -0.25) is 4.79 Å². The minimum atomic E-state index is -0.388. The van der Waals surface area contributed by atoms with Gasteiger partial charge < -0.3 is 15.4 Å². The average Bonchev–Trinajstić information content (AvgIpc) is 2.48. The maximum absolute atomic E-state index is 11.8. The number of hydrogen-bond acceptors (Lipinski definition) is 3. The molecule has 4 nitrogen and oxygen atoms in total. The van der Waals surface area contributed by atoms with Crippen LogP contribution in [0.15, 0.2) is 24.3 Å². The lowest BCUT2D eigenvalue weighted by Gasteiger charge is -2.33. The topological polar surface area (TPSA) is 55.6 Å². The highest BCUT2D eigenvalue weighted by molar-refractivity contribution is 5.85. The van der Waals surface area contributed by atoms with Gasteiger partial charge in [-0.15, -0.1) is 12.4 Å². The molecule has 0 saturated carbocycles. The number of hydrogen-bond donors (Lipinski definition) is 1. The quantitative estimate of drug-likeness (QED) is 0.927. The van der Waals surface area contributed by atoms with E-state index in [0.717, 1.165) is 38.1 Å². The van der Waals surface area contributed by atoms with Gasteiger partial charge in [-0.25, -0.2) is 0 Å². The molecular formula is C16H25ClN2O2. The van der Waals surface area contributed by atoms with Crippen molar-refractivity contribution in [1.82, 2.24) is 4.90 Å². The van der Waals surface area contributed by atoms with Gasteiger partial charge in [-0.05, 0) is 43.7 Å². The minimum absolute atomic E-state index is 0. The molecule has 0 aromatic heterocycles. The first-order chi connectivity index (χ1) is 9.61. The van der Waals surface area contributed by atoms with Crippen molar-refractivity contribution < 1.29 is 9.53 Å². The predicted octanol–water partition coefficient (Wildman–Crippen LogP) is 2.25. The highest BCUT2D eigenvalue weighted by Gasteiger charge is 2.25. The number of carbonyl (C=O) groups is 1. The molecule has 1 aromatic rings. The summed E-state index contributed by atoms with van der Waals surface area (Å²) in [5.41, 5.74) is 6.91. The summed E-state index contributed by atoms with van der Waals surface area (Å²) in [7, 11) is 1.71. The van der Waals surface area contributed by atoms with Gasteiger partial charge in [0.05, 0.1) is 13.2 Å². The molecule has 1 aliphatic heterocycles. The average molecular weight is 313 g/mol. The second-order valence-corrected chi connectivity index (χ2v) is 5.57. The number of benzene rings is 1. The molecule has 0 radical (unpaired) electrons. The van der Waals surface area contributed by atoms with E-state index in [1.165, 1.54) is 5.56 Å². The van der Waals surface area contributed by atoms with Gasteiger partial charge in [0.25, 0.3) is 0 Å². The zero-order chi connectivity index (χ0) is 14.5. The molecule has 0 bridgehead atoms. The van der Waals surface area contributed by atoms with Crippen LogP contribution in [0, 0.1) is 5.92 Å². The van der Waals surface area contributed by atoms with E-state index < -0.39 is 0 Å². The number of rotatable bonds is 4. The Morgan fingerprint density at radius 3 is 2.57 bits per heavy atom. The van der Waals surface area contributed by atoms with Crippen molar-refractivity contribution in [3.8, 4) is 5.75 Å². The van der Waals surface area contributed by atoms with Gasteiger partial charge in [0, 0.05) is 13.1 Å². The lowest BCUT2D eigenvalue weighted by Crippen LogP contribution is -2.46. The molecule has 0 aliphatic carbocycles. The second-order valence-electron chi connectivity index (χ2n) is 5.57. The van der Waals surface area contributed by atoms with Crippen LogP contribution in [0.3, 0.4) is 0 Å². The highest BCUT2D eigenvalue weighted by Crippen LogP contribution is 2.26. The van der Waals surface area contributed by atoms with Crippen LogP contribution in [-0.2, 0) is 11.2 Å². The minimum Gasteiger partial charge on any atom is -0.496 e. The summed E-state index contributed by atoms with van der Waals surface area (Å²) in [4.78, 5) is 13.7. The van der Waals surface area contributed by atoms with Crippen LogP contribution in [-0.4, -0.2) is 37.0 Å². The van der Waals surface area contributed by atoms with Gasteiger partial charge in [-0.2, -0.15) is 0 Å². The van der Waals surface area contributed by atoms with Crippen LogP contribution < -0.4 is 10.5 Å². The fraction of sp³-hybridized carbons (Fsp3) is 0.562. The lowest BCUT2D eigenvalue weighted by molar-refractivity contribution is -0.133. The summed E-state index contributed by atoms with van der Waals surface area (Å²) in [5, 5.41) is 0. The van der Waals surface area contributed by atoms with Crippen LogP contribution >= 0.6 is 12.4 Å². The number of nitrogens with two attached hydrogens (primary N) is 1. The van der Waals surface area contributed by atoms with Gasteiger partial charge in [0.1, 0.15) is 5.75 Å². The Hall–Kier alpha value is -1.26. The van der Waals surface area contributed by atoms with Crippen LogP contribution in [0.5, 0.6) is 5.75 Å². The number of amides is 1. The third-order valence-electron chi connectivity index (χ3n) is 4.02. The van der Waals surface area contributed by atoms with Crippen LogP contribution in [0.25, 0.3) is 0 Å². The van der Waals surface area contributed by atoms with E-state index >= 15 is 0 Å². The number of carbonyl (C=O) groups excluding carboxylic acids is 1. The van der Waals surface area contributed by atoms with Crippen molar-refractivity contribution in [2.75, 3.05) is 20.2 Å². The standard InChI is InChI=1S/C16H24N2O2.ClH/c1-12(17)16(19)18-9-7-13(8-10-18)11-14-5-3-4-6-15(14)20-2;/h3-6,12-13H,7-11,17H2,1-2H3;1H/t12-;/m1./s1. The van der Waals surface area contributed by atoms with Crippen molar-refractivity contribution in [1.29, 1.82) is 0 Å². The first-order valence-corrected chi connectivity index (χ1v) is 7.28. The summed E-state index contributed by atoms with van der Waals surface area (Å²) >= 11 is 0. The summed E-state index contributed by atoms with van der Waals surface area (Å²) < 4.78 is 5.40. The molecule has 118 valence electrons. The van der Waals surface area contributed by atoms with Crippen LogP contribution in [0.4, 0.5) is 0 Å². The fourth-order valence-corrected chi connectivity index (χ4v) is 2.83. The number of para-hydroxylation sites is 1. The molecule has 1 atom stereocenters. The van der Waals surface area contributed by atoms with Gasteiger partial charge >= 0.3 is 0 Å². The summed E-state index contributed by atoms with van der Waals surface area (Å²) in [6.45, 7) is 3.39. The molecule has 1 saturated heterocycles. The number of nitrogens with zero attached hydrogens (tertiary/aromatic N) is 1. The fourth-order valence-electron chi connectivity index (χ4n) is 2.83. The first kappa shape index (κ1) is 17.8. The Morgan fingerprint density at radius 2 is 2.00 bits per heavy atom. The highest BCUT2D eigenvalue weighted by atomic mass is 35.5. The number of likely N-dealkylation sites (tertiary alicyclic amines) is 1. The smallest absolute Gasteiger partial charge is 0.239 e. The Bertz CT molecular complexity index is 457. The zero-order valence-corrected chi connectivity index (χ0v) is 13.6. The van der Waals surface area contributed by atoms with E-state index in [9.17, 15) is 4.79 Å². The monoisotopic (exact) mass is 312 g/mol. The normalized spacial score (nSPS) is 17.0. The molecule has 1 heterocycles. The second kappa shape index (κ2) is 8.25. The van der Waals surface area contributed by atoms with Crippen molar-refractivity contribution in [3.05, 3.63) is 29.8 Å². The third kappa shape index (κ3) is 4.61. The molecular weight excluding hydrogens is 288 g/mol. The molecule has 2 rings (SSSR count). The van der Waals surface area contributed by atoms with E-state index in [1.807, 2.05) is 23.1 Å². The third-order valence-corrected chi connectivity index (χ3v) is 4.02. The van der Waals surface area contributed by atoms with Crippen LogP contribution in [0.2, 0.25) is 0 Å². The molecule has 0 unspecified atom stereocenters. The first-order valence-electron chi connectivity index (χ1n) is 7.28. The summed E-state index contributed by atoms with van der Waals surface area (Å²) in [5.74, 6) is 1.64. The summed E-state index contributed by atoms with van der Waals surface area (Å²) in [6, 6.07) is 7.78. The number of methoxy groups -OCH3 is 1. The molecule has 2 N–H and O–H groups in total. The molecule has 0 spiro atoms. The van der Waals surface area contributed by atoms with Crippen molar-refractivity contribution in [2.24, 2.45) is 11.7 Å². The molecule has 1 aromatic carbocycles. The zero-order valence-electron chi connectivity index (χ0n) is 12.7. The largest absolute Gasteiger partial charge is 0.496 e. The summed E-state index contributed by atoms with van der Waals surface area (Å²) in [6.07, 6.45) is 3.09. The van der Waals surface area contributed by atoms with Gasteiger partial charge in [0.15, 0.2) is 0 Å². The molecule has 21 heavy (non-hydrogen) atoms. The Balaban J connectivity index is 0.00000220. The maximum atomic E-state index is 11.8. The van der Waals surface area contributed by atoms with Gasteiger partial charge in [-0.1, -0.05) is 18.2 Å². The lowest BCUT2D eigenvalue weighted by atomic mass is 9.89.